The highest BCUT2D eigenvalue weighted by Gasteiger charge is 2.25. The van der Waals surface area contributed by atoms with Crippen LogP contribution in [-0.4, -0.2) is 47.2 Å². The second kappa shape index (κ2) is 12.1. The summed E-state index contributed by atoms with van der Waals surface area (Å²) < 4.78 is 5.08. The molecule has 1 rings (SSSR count). The first-order valence-electron chi connectivity index (χ1n) is 9.86. The van der Waals surface area contributed by atoms with Gasteiger partial charge in [-0.15, -0.1) is 0 Å². The van der Waals surface area contributed by atoms with Crippen molar-refractivity contribution in [2.24, 2.45) is 5.92 Å². The highest BCUT2D eigenvalue weighted by atomic mass is 16.5. The predicted molar refractivity (Wildman–Crippen MR) is 110 cm³/mol. The van der Waals surface area contributed by atoms with Gasteiger partial charge in [-0.3, -0.25) is 9.59 Å². The van der Waals surface area contributed by atoms with Crippen molar-refractivity contribution in [3.63, 3.8) is 0 Å². The largest absolute Gasteiger partial charge is 0.445 e. The number of aliphatic hydroxyl groups excluding tert-OH is 1. The lowest BCUT2D eigenvalue weighted by atomic mass is 9.99. The number of benzene rings is 1. The van der Waals surface area contributed by atoms with E-state index in [-0.39, 0.29) is 6.61 Å². The zero-order valence-electron chi connectivity index (χ0n) is 17.8. The Morgan fingerprint density at radius 2 is 1.45 bits per heavy atom. The molecule has 0 aliphatic rings. The number of hydrogen-bond acceptors (Lipinski definition) is 5. The van der Waals surface area contributed by atoms with Gasteiger partial charge in [0, 0.05) is 0 Å². The summed E-state index contributed by atoms with van der Waals surface area (Å²) in [6, 6.07) is 7.08. The number of aliphatic hydroxyl groups is 1. The number of hydrogen-bond donors (Lipinski definition) is 4. The van der Waals surface area contributed by atoms with E-state index in [9.17, 15) is 19.5 Å². The van der Waals surface area contributed by atoms with Gasteiger partial charge in [0.2, 0.25) is 11.8 Å². The van der Waals surface area contributed by atoms with Gasteiger partial charge in [-0.05, 0) is 38.7 Å². The van der Waals surface area contributed by atoms with Crippen LogP contribution in [0.2, 0.25) is 0 Å². The summed E-state index contributed by atoms with van der Waals surface area (Å²) in [6.07, 6.45) is -0.807. The van der Waals surface area contributed by atoms with E-state index in [2.05, 4.69) is 16.0 Å². The van der Waals surface area contributed by atoms with E-state index in [1.807, 2.05) is 44.2 Å². The third-order valence-corrected chi connectivity index (χ3v) is 4.33. The van der Waals surface area contributed by atoms with Gasteiger partial charge in [0.25, 0.3) is 0 Å². The Morgan fingerprint density at radius 1 is 0.897 bits per heavy atom. The van der Waals surface area contributed by atoms with Crippen molar-refractivity contribution in [2.45, 2.75) is 71.9 Å². The Bertz CT molecular complexity index is 664. The van der Waals surface area contributed by atoms with Gasteiger partial charge in [-0.1, -0.05) is 44.2 Å². The molecule has 0 radical (unpaired) electrons. The van der Waals surface area contributed by atoms with Crippen LogP contribution in [0.5, 0.6) is 0 Å². The minimum atomic E-state index is -0.878. The number of ether oxygens (including phenoxy) is 1. The molecule has 29 heavy (non-hydrogen) atoms. The Balaban J connectivity index is 2.45. The molecule has 8 heteroatoms. The van der Waals surface area contributed by atoms with E-state index in [0.717, 1.165) is 5.56 Å². The summed E-state index contributed by atoms with van der Waals surface area (Å²) in [5.41, 5.74) is 0.833. The molecule has 8 nitrogen and oxygen atoms in total. The summed E-state index contributed by atoms with van der Waals surface area (Å²) in [4.78, 5) is 36.4. The van der Waals surface area contributed by atoms with Crippen LogP contribution in [0.3, 0.4) is 0 Å². The molecule has 1 aromatic rings. The molecule has 0 bridgehead atoms. The molecule has 0 aromatic heterocycles. The maximum Gasteiger partial charge on any atom is 0.408 e. The average molecular weight is 408 g/mol. The summed E-state index contributed by atoms with van der Waals surface area (Å²) in [5, 5.41) is 17.6. The quantitative estimate of drug-likeness (QED) is 0.471. The van der Waals surface area contributed by atoms with Gasteiger partial charge in [0.15, 0.2) is 0 Å². The zero-order valence-corrected chi connectivity index (χ0v) is 17.8. The summed E-state index contributed by atoms with van der Waals surface area (Å²) in [5.74, 6) is -0.614. The molecule has 0 fully saturated rings. The van der Waals surface area contributed by atoms with E-state index in [4.69, 9.17) is 4.74 Å². The maximum absolute atomic E-state index is 12.3. The average Bonchev–Trinajstić information content (AvgIpc) is 2.65. The van der Waals surface area contributed by atoms with Crippen LogP contribution in [0, 0.1) is 5.92 Å². The van der Waals surface area contributed by atoms with Crippen LogP contribution in [0.15, 0.2) is 30.3 Å². The fraction of sp³-hybridized carbons (Fsp3) is 0.571. The monoisotopic (exact) mass is 407 g/mol. The molecular formula is C21H33N3O5. The lowest BCUT2D eigenvalue weighted by Crippen LogP contribution is -2.54. The van der Waals surface area contributed by atoms with E-state index < -0.39 is 42.1 Å². The fourth-order valence-electron chi connectivity index (χ4n) is 2.60. The van der Waals surface area contributed by atoms with E-state index in [1.54, 1.807) is 13.8 Å². The van der Waals surface area contributed by atoms with Crippen LogP contribution >= 0.6 is 0 Å². The number of carbonyl (C=O) groups excluding carboxylic acids is 3. The van der Waals surface area contributed by atoms with Crippen LogP contribution < -0.4 is 16.0 Å². The van der Waals surface area contributed by atoms with Crippen LogP contribution in [-0.2, 0) is 20.9 Å². The van der Waals surface area contributed by atoms with Crippen LogP contribution in [0.1, 0.15) is 46.6 Å². The standard InChI is InChI=1S/C21H33N3O5/c1-13(2)11-18(16(5)25)24-20(27)14(3)22-19(26)15(4)23-21(28)29-12-17-9-7-6-8-10-17/h6-10,13-16,18,25H,11-12H2,1-5H3,(H,22,26)(H,23,28)(H,24,27)/t14-,15-,16-,18-/m0/s1. The topological polar surface area (TPSA) is 117 Å². The van der Waals surface area contributed by atoms with Crippen molar-refractivity contribution >= 4 is 17.9 Å². The van der Waals surface area contributed by atoms with Crippen molar-refractivity contribution in [1.29, 1.82) is 0 Å². The molecular weight excluding hydrogens is 374 g/mol. The van der Waals surface area contributed by atoms with Crippen LogP contribution in [0.4, 0.5) is 4.79 Å². The highest BCUT2D eigenvalue weighted by Crippen LogP contribution is 2.08. The van der Waals surface area contributed by atoms with Crippen molar-refractivity contribution in [3.05, 3.63) is 35.9 Å². The SMILES string of the molecule is CC(C)C[C@H](NC(=O)[C@H](C)NC(=O)[C@H](C)NC(=O)OCc1ccccc1)[C@H](C)O. The normalized spacial score (nSPS) is 15.0. The number of rotatable bonds is 10. The van der Waals surface area contributed by atoms with Gasteiger partial charge >= 0.3 is 6.09 Å². The summed E-state index contributed by atoms with van der Waals surface area (Å²) in [6.45, 7) is 8.75. The highest BCUT2D eigenvalue weighted by molar-refractivity contribution is 5.90. The Hall–Kier alpha value is -2.61. The van der Waals surface area contributed by atoms with Crippen molar-refractivity contribution < 1.29 is 24.2 Å². The molecule has 0 saturated carbocycles. The van der Waals surface area contributed by atoms with Crippen molar-refractivity contribution in [3.8, 4) is 0 Å². The Kier molecular flexibility index (Phi) is 10.2. The number of carbonyl (C=O) groups is 3. The van der Waals surface area contributed by atoms with E-state index in [1.165, 1.54) is 6.92 Å². The van der Waals surface area contributed by atoms with E-state index >= 15 is 0 Å². The molecule has 0 saturated heterocycles. The van der Waals surface area contributed by atoms with Crippen LogP contribution in [0.25, 0.3) is 0 Å². The molecule has 0 spiro atoms. The predicted octanol–water partition coefficient (Wildman–Crippen LogP) is 1.72. The molecule has 0 unspecified atom stereocenters. The molecule has 4 atom stereocenters. The van der Waals surface area contributed by atoms with Gasteiger partial charge in [-0.2, -0.15) is 0 Å². The first-order chi connectivity index (χ1) is 13.6. The second-order valence-corrected chi connectivity index (χ2v) is 7.64. The molecule has 1 aromatic carbocycles. The zero-order chi connectivity index (χ0) is 22.0. The lowest BCUT2D eigenvalue weighted by molar-refractivity contribution is -0.130. The minimum absolute atomic E-state index is 0.0937. The minimum Gasteiger partial charge on any atom is -0.445 e. The van der Waals surface area contributed by atoms with Gasteiger partial charge in [0.05, 0.1) is 12.1 Å². The molecule has 0 aliphatic heterocycles. The summed E-state index contributed by atoms with van der Waals surface area (Å²) in [7, 11) is 0. The third-order valence-electron chi connectivity index (χ3n) is 4.33. The molecule has 0 heterocycles. The molecule has 0 aliphatic carbocycles. The lowest BCUT2D eigenvalue weighted by Gasteiger charge is -2.25. The van der Waals surface area contributed by atoms with Crippen molar-refractivity contribution in [1.82, 2.24) is 16.0 Å². The summed E-state index contributed by atoms with van der Waals surface area (Å²) >= 11 is 0. The van der Waals surface area contributed by atoms with Gasteiger partial charge in [-0.25, -0.2) is 4.79 Å². The molecule has 4 N–H and O–H groups in total. The maximum atomic E-state index is 12.3. The number of amides is 3. The number of alkyl carbamates (subject to hydrolysis) is 1. The smallest absolute Gasteiger partial charge is 0.408 e. The van der Waals surface area contributed by atoms with Crippen molar-refractivity contribution in [2.75, 3.05) is 0 Å². The fourth-order valence-corrected chi connectivity index (χ4v) is 2.60. The molecule has 3 amide bonds. The first-order valence-corrected chi connectivity index (χ1v) is 9.86. The Morgan fingerprint density at radius 3 is 2.00 bits per heavy atom. The Labute approximate surface area is 172 Å². The van der Waals surface area contributed by atoms with E-state index in [0.29, 0.717) is 12.3 Å². The molecule has 162 valence electrons. The second-order valence-electron chi connectivity index (χ2n) is 7.64. The third kappa shape index (κ3) is 9.43. The number of nitrogens with one attached hydrogen (secondary N) is 3. The van der Waals surface area contributed by atoms with Gasteiger partial charge in [0.1, 0.15) is 18.7 Å². The van der Waals surface area contributed by atoms with Gasteiger partial charge < -0.3 is 25.8 Å². The first kappa shape index (κ1) is 24.4.